The van der Waals surface area contributed by atoms with Crippen molar-refractivity contribution in [2.24, 2.45) is 5.16 Å². The molecule has 2 saturated heterocycles. The molecule has 2 aromatic heterocycles. The predicted octanol–water partition coefficient (Wildman–Crippen LogP) is 14.1. The second-order valence-corrected chi connectivity index (χ2v) is 25.2. The lowest BCUT2D eigenvalue weighted by Gasteiger charge is -2.53. The van der Waals surface area contributed by atoms with E-state index in [0.717, 1.165) is 54.7 Å². The molecule has 2 unspecified atom stereocenters. The van der Waals surface area contributed by atoms with Crippen LogP contribution in [0.25, 0.3) is 10.2 Å². The Labute approximate surface area is 508 Å². The summed E-state index contributed by atoms with van der Waals surface area (Å²) in [5.74, 6) is -1.27. The van der Waals surface area contributed by atoms with Crippen molar-refractivity contribution in [3.8, 4) is 0 Å². The van der Waals surface area contributed by atoms with Crippen LogP contribution in [0.3, 0.4) is 0 Å². The van der Waals surface area contributed by atoms with Gasteiger partial charge in [0, 0.05) is 34.4 Å². The molecule has 4 heterocycles. The van der Waals surface area contributed by atoms with Gasteiger partial charge in [-0.2, -0.15) is 0 Å². The number of nitrogens with one attached hydrogen (secondary N) is 2. The maximum atomic E-state index is 15.6. The largest absolute Gasteiger partial charge is 0.451 e. The maximum absolute atomic E-state index is 15.6. The highest BCUT2D eigenvalue weighted by Crippen LogP contribution is 2.50. The number of esters is 1. The Hall–Kier alpha value is -9.12. The molecule has 418 valence electrons. The quantitative estimate of drug-likeness (QED) is 0.0265. The summed E-state index contributed by atoms with van der Waals surface area (Å²) >= 11 is 5.56. The van der Waals surface area contributed by atoms with Crippen LogP contribution >= 0.6 is 46.2 Å². The maximum Gasteiger partial charge on any atom is 0.326 e. The van der Waals surface area contributed by atoms with Crippen LogP contribution in [0.1, 0.15) is 56.3 Å². The fourth-order valence-corrected chi connectivity index (χ4v) is 16.2. The van der Waals surface area contributed by atoms with Crippen LogP contribution < -0.4 is 10.6 Å². The number of β-lactam (4-membered cyclic amide) rings is 1. The van der Waals surface area contributed by atoms with Gasteiger partial charge in [0.1, 0.15) is 27.4 Å². The summed E-state index contributed by atoms with van der Waals surface area (Å²) in [5, 5.41) is 13.6. The number of thioether (sulfide) groups is 2. The fourth-order valence-electron chi connectivity index (χ4n) is 11.2. The molecule has 9 aromatic carbocycles. The number of para-hydroxylation sites is 1. The second kappa shape index (κ2) is 24.2. The molecule has 2 fully saturated rings. The number of benzene rings is 9. The number of hydrogen-bond acceptors (Lipinski definition) is 13. The Balaban J connectivity index is 0.865. The molecule has 11 aromatic rings. The molecule has 0 radical (unpaired) electrons. The summed E-state index contributed by atoms with van der Waals surface area (Å²) < 4.78 is 7.01. The predicted molar refractivity (Wildman–Crippen MR) is 341 cm³/mol. The van der Waals surface area contributed by atoms with E-state index >= 15 is 9.59 Å². The van der Waals surface area contributed by atoms with E-state index in [1.807, 2.05) is 231 Å². The van der Waals surface area contributed by atoms with E-state index in [-0.39, 0.29) is 29.6 Å². The number of carbonyl (C=O) groups is 3. The van der Waals surface area contributed by atoms with Gasteiger partial charge in [-0.3, -0.25) is 14.4 Å². The highest BCUT2D eigenvalue weighted by atomic mass is 32.2. The first-order valence-corrected chi connectivity index (χ1v) is 31.3. The van der Waals surface area contributed by atoms with Gasteiger partial charge in [-0.05, 0) is 39.9 Å². The summed E-state index contributed by atoms with van der Waals surface area (Å²) in [4.78, 5) is 64.6. The third-order valence-electron chi connectivity index (χ3n) is 15.4. The molecule has 85 heavy (non-hydrogen) atoms. The van der Waals surface area contributed by atoms with Gasteiger partial charge in [0.25, 0.3) is 5.91 Å². The Morgan fingerprint density at radius 2 is 1.06 bits per heavy atom. The number of anilines is 1. The summed E-state index contributed by atoms with van der Waals surface area (Å²) in [6.45, 7) is 0.0104. The number of fused-ring (bicyclic) bond motifs is 2. The van der Waals surface area contributed by atoms with Crippen LogP contribution in [0.15, 0.2) is 282 Å². The molecule has 11 nitrogen and oxygen atoms in total. The first kappa shape index (κ1) is 55.1. The van der Waals surface area contributed by atoms with E-state index in [0.29, 0.717) is 9.47 Å². The van der Waals surface area contributed by atoms with E-state index < -0.39 is 45.3 Å². The van der Waals surface area contributed by atoms with Crippen LogP contribution in [-0.4, -0.2) is 66.8 Å². The smallest absolute Gasteiger partial charge is 0.326 e. The van der Waals surface area contributed by atoms with E-state index in [1.165, 1.54) is 46.2 Å². The number of thiazole rings is 2. The normalized spacial score (nSPS) is 16.9. The first-order valence-electron chi connectivity index (χ1n) is 27.7. The third kappa shape index (κ3) is 10.8. The third-order valence-corrected chi connectivity index (χ3v) is 20.3. The van der Waals surface area contributed by atoms with Crippen molar-refractivity contribution in [3.05, 3.63) is 323 Å². The molecule has 13 rings (SSSR count). The monoisotopic (exact) mass is 1190 g/mol. The Bertz CT molecular complexity index is 3860. The molecular formula is C70H54N6O5S4. The topological polar surface area (TPSA) is 135 Å². The van der Waals surface area contributed by atoms with Gasteiger partial charge in [0.05, 0.1) is 10.2 Å². The van der Waals surface area contributed by atoms with Crippen LogP contribution in [0.2, 0.25) is 0 Å². The van der Waals surface area contributed by atoms with Gasteiger partial charge >= 0.3 is 5.97 Å². The highest BCUT2D eigenvalue weighted by molar-refractivity contribution is 8.06. The van der Waals surface area contributed by atoms with Crippen molar-refractivity contribution in [3.63, 3.8) is 0 Å². The molecule has 0 spiro atoms. The Morgan fingerprint density at radius 1 is 0.600 bits per heavy atom. The number of carbonyl (C=O) groups excluding carboxylic acids is 3. The van der Waals surface area contributed by atoms with Crippen molar-refractivity contribution in [1.29, 1.82) is 0 Å². The van der Waals surface area contributed by atoms with Crippen molar-refractivity contribution in [2.75, 3.05) is 17.6 Å². The molecule has 2 amide bonds. The van der Waals surface area contributed by atoms with Crippen molar-refractivity contribution in [2.45, 2.75) is 37.7 Å². The summed E-state index contributed by atoms with van der Waals surface area (Å²) in [5.41, 5.74) is 5.42. The number of nitrogens with zero attached hydrogens (tertiary/aromatic N) is 4. The standard InChI is InChI=1S/C70H54N6O5S4/c77-62(73-60-63(78)76-46-68(47-83-64(60)76,85-67-72-56-43-25-26-44-58(56)84-67)65(79)80-61(48-27-9-1-10-28-48)49-29-11-2-12-30-49)59(75-81-70(53-37-19-6-20-38-53,54-39-21-7-22-40-54)55-41-23-8-24-42-55)57-45-82-66(71-57)74-69(50-31-13-3-14-32-50,51-33-15-4-16-34-51)52-35-17-5-18-36-52/h1-45,60-61,64H,46-47H2,(H,71,74)(H,73,77)/t60?,64-,68?/m1/s1. The van der Waals surface area contributed by atoms with Crippen LogP contribution in [0, 0.1) is 0 Å². The van der Waals surface area contributed by atoms with Crippen LogP contribution in [-0.2, 0) is 35.1 Å². The molecule has 15 heteroatoms. The molecule has 3 atom stereocenters. The lowest BCUT2D eigenvalue weighted by molar-refractivity contribution is -0.155. The molecule has 0 saturated carbocycles. The number of hydrogen-bond donors (Lipinski definition) is 2. The van der Waals surface area contributed by atoms with E-state index in [9.17, 15) is 4.79 Å². The molecule has 0 bridgehead atoms. The van der Waals surface area contributed by atoms with Gasteiger partial charge in [0.2, 0.25) is 11.5 Å². The number of aromatic nitrogens is 2. The molecule has 2 aliphatic heterocycles. The lowest BCUT2D eigenvalue weighted by atomic mass is 9.77. The second-order valence-electron chi connectivity index (χ2n) is 20.6. The number of amides is 2. The number of rotatable bonds is 19. The number of oxime groups is 1. The molecule has 2 N–H and O–H groups in total. The molecule has 2 aliphatic rings. The average molecular weight is 1190 g/mol. The Kier molecular flexibility index (Phi) is 15.7. The van der Waals surface area contributed by atoms with Gasteiger partial charge in [0.15, 0.2) is 21.3 Å². The van der Waals surface area contributed by atoms with Crippen LogP contribution in [0.5, 0.6) is 0 Å². The van der Waals surface area contributed by atoms with Crippen molar-refractivity contribution >= 4 is 85.0 Å². The van der Waals surface area contributed by atoms with Gasteiger partial charge < -0.3 is 25.1 Å². The minimum atomic E-state index is -1.36. The molecule has 0 aliphatic carbocycles. The highest BCUT2D eigenvalue weighted by Gasteiger charge is 2.59. The Morgan fingerprint density at radius 3 is 1.55 bits per heavy atom. The van der Waals surface area contributed by atoms with Gasteiger partial charge in [-0.1, -0.05) is 272 Å². The summed E-state index contributed by atoms with van der Waals surface area (Å²) in [6, 6.07) is 86.2. The van der Waals surface area contributed by atoms with Gasteiger partial charge in [-0.15, -0.1) is 34.4 Å². The minimum absolute atomic E-state index is 0.0104. The fraction of sp³-hybridized carbons (Fsp3) is 0.114. The zero-order valence-electron chi connectivity index (χ0n) is 45.6. The zero-order chi connectivity index (χ0) is 57.6. The van der Waals surface area contributed by atoms with Crippen LogP contribution in [0.4, 0.5) is 5.13 Å². The first-order chi connectivity index (χ1) is 41.8. The summed E-state index contributed by atoms with van der Waals surface area (Å²) in [7, 11) is 0. The van der Waals surface area contributed by atoms with Crippen molar-refractivity contribution in [1.82, 2.24) is 20.2 Å². The average Bonchev–Trinajstić information content (AvgIpc) is 2.41. The van der Waals surface area contributed by atoms with E-state index in [1.54, 1.807) is 10.3 Å². The number of ether oxygens (including phenoxy) is 1. The molecular weight excluding hydrogens is 1130 g/mol. The minimum Gasteiger partial charge on any atom is -0.451 e. The van der Waals surface area contributed by atoms with Crippen molar-refractivity contribution < 1.29 is 24.0 Å². The SMILES string of the molecule is O=C(NC1C(=O)N2CC(Sc3nc4ccccc4s3)(C(=O)OC(c3ccccc3)c3ccccc3)CS[C@H]12)C(=NOC(c1ccccc1)(c1ccccc1)c1ccccc1)c1csc(NC(c2ccccc2)(c2ccccc2)c2ccccc2)n1. The van der Waals surface area contributed by atoms with Gasteiger partial charge in [-0.25, -0.2) is 9.97 Å². The lowest BCUT2D eigenvalue weighted by Crippen LogP contribution is -2.75. The summed E-state index contributed by atoms with van der Waals surface area (Å²) in [6.07, 6.45) is -0.721. The van der Waals surface area contributed by atoms with E-state index in [4.69, 9.17) is 24.7 Å². The zero-order valence-corrected chi connectivity index (χ0v) is 48.9. The van der Waals surface area contributed by atoms with E-state index in [2.05, 4.69) is 47.0 Å².